The highest BCUT2D eigenvalue weighted by atomic mass is 32.2. The van der Waals surface area contributed by atoms with E-state index in [1.807, 2.05) is 13.8 Å². The largest absolute Gasteiger partial charge is 0.337 e. The number of thioether (sulfide) groups is 1. The van der Waals surface area contributed by atoms with E-state index in [1.165, 1.54) is 11.6 Å². The van der Waals surface area contributed by atoms with Crippen LogP contribution in [0.25, 0.3) is 11.0 Å². The molecule has 1 saturated carbocycles. The zero-order valence-corrected chi connectivity index (χ0v) is 18.7. The van der Waals surface area contributed by atoms with Crippen LogP contribution in [0.15, 0.2) is 14.6 Å². The topological polar surface area (TPSA) is 123 Å². The predicted molar refractivity (Wildman–Crippen MR) is 114 cm³/mol. The van der Waals surface area contributed by atoms with Gasteiger partial charge in [-0.05, 0) is 38.5 Å². The van der Waals surface area contributed by atoms with Crippen LogP contribution < -0.4 is 16.6 Å². The zero-order valence-electron chi connectivity index (χ0n) is 17.9. The van der Waals surface area contributed by atoms with Gasteiger partial charge in [-0.1, -0.05) is 25.6 Å². The van der Waals surface area contributed by atoms with Crippen molar-refractivity contribution < 1.29 is 4.79 Å². The second-order valence-electron chi connectivity index (χ2n) is 8.35. The first-order valence-corrected chi connectivity index (χ1v) is 10.9. The molecular weight excluding hydrogens is 404 g/mol. The van der Waals surface area contributed by atoms with E-state index in [0.717, 1.165) is 29.2 Å². The molecule has 0 radical (unpaired) electrons. The Bertz CT molecular complexity index is 1160. The number of nitrogens with zero attached hydrogens (tertiary/aromatic N) is 5. The molecule has 10 heteroatoms. The number of aryl methyl sites for hydroxylation is 1. The number of carbonyl (C=O) groups is 1. The van der Waals surface area contributed by atoms with E-state index in [0.29, 0.717) is 17.4 Å². The Morgan fingerprint density at radius 3 is 2.60 bits per heavy atom. The van der Waals surface area contributed by atoms with Gasteiger partial charge in [-0.2, -0.15) is 5.26 Å². The lowest BCUT2D eigenvalue weighted by atomic mass is 9.98. The molecule has 1 aliphatic rings. The molecular formula is C20H26N6O3S. The molecule has 2 aromatic heterocycles. The van der Waals surface area contributed by atoms with Gasteiger partial charge in [0.2, 0.25) is 5.91 Å². The third kappa shape index (κ3) is 4.26. The third-order valence-corrected chi connectivity index (χ3v) is 6.15. The lowest BCUT2D eigenvalue weighted by Gasteiger charge is -2.22. The Morgan fingerprint density at radius 1 is 1.37 bits per heavy atom. The van der Waals surface area contributed by atoms with E-state index in [1.54, 1.807) is 13.8 Å². The highest BCUT2D eigenvalue weighted by Crippen LogP contribution is 2.39. The van der Waals surface area contributed by atoms with E-state index in [9.17, 15) is 19.6 Å². The number of aromatic nitrogens is 4. The maximum Gasteiger partial charge on any atom is 0.332 e. The van der Waals surface area contributed by atoms with Crippen LogP contribution in [0.4, 0.5) is 0 Å². The molecule has 3 rings (SSSR count). The summed E-state index contributed by atoms with van der Waals surface area (Å²) in [5.41, 5.74) is -1.51. The van der Waals surface area contributed by atoms with Crippen molar-refractivity contribution in [1.29, 1.82) is 5.26 Å². The van der Waals surface area contributed by atoms with Gasteiger partial charge in [-0.25, -0.2) is 14.8 Å². The molecule has 160 valence electrons. The van der Waals surface area contributed by atoms with Crippen molar-refractivity contribution in [2.75, 3.05) is 5.75 Å². The molecule has 1 atom stereocenters. The summed E-state index contributed by atoms with van der Waals surface area (Å²) in [6, 6.07) is 2.20. The SMILES string of the molecule is Cc1nc(SCC(=O)NC(C)(C#N)C2CC2)c2c(=O)n(C)c(=O)n(CC(C)C)c2n1. The van der Waals surface area contributed by atoms with Crippen molar-refractivity contribution >= 4 is 28.7 Å². The lowest BCUT2D eigenvalue weighted by molar-refractivity contribution is -0.119. The van der Waals surface area contributed by atoms with Crippen molar-refractivity contribution in [2.24, 2.45) is 18.9 Å². The van der Waals surface area contributed by atoms with Crippen molar-refractivity contribution in [3.8, 4) is 6.07 Å². The number of hydrogen-bond acceptors (Lipinski definition) is 7. The molecule has 0 aromatic carbocycles. The highest BCUT2D eigenvalue weighted by Gasteiger charge is 2.43. The van der Waals surface area contributed by atoms with Gasteiger partial charge < -0.3 is 5.32 Å². The van der Waals surface area contributed by atoms with Crippen LogP contribution in [-0.2, 0) is 18.4 Å². The van der Waals surface area contributed by atoms with Crippen molar-refractivity contribution in [3.05, 3.63) is 26.7 Å². The van der Waals surface area contributed by atoms with Crippen LogP contribution in [0.5, 0.6) is 0 Å². The molecule has 1 unspecified atom stereocenters. The summed E-state index contributed by atoms with van der Waals surface area (Å²) >= 11 is 1.11. The highest BCUT2D eigenvalue weighted by molar-refractivity contribution is 8.00. The van der Waals surface area contributed by atoms with Gasteiger partial charge in [0.25, 0.3) is 5.56 Å². The molecule has 0 bridgehead atoms. The number of nitriles is 1. The van der Waals surface area contributed by atoms with Crippen LogP contribution in [0.3, 0.4) is 0 Å². The molecule has 2 heterocycles. The van der Waals surface area contributed by atoms with Gasteiger partial charge in [0.05, 0.1) is 11.8 Å². The Kier molecular flexibility index (Phi) is 6.04. The number of nitrogens with one attached hydrogen (secondary N) is 1. The van der Waals surface area contributed by atoms with Gasteiger partial charge in [0.15, 0.2) is 5.65 Å². The standard InChI is InChI=1S/C20H26N6O3S/c1-11(2)8-26-16-15(18(28)25(5)19(26)29)17(23-12(3)22-16)30-9-14(27)24-20(4,10-21)13-6-7-13/h11,13H,6-9H2,1-5H3,(H,24,27). The number of amides is 1. The second-order valence-corrected chi connectivity index (χ2v) is 9.32. The fraction of sp³-hybridized carbons (Fsp3) is 0.600. The summed E-state index contributed by atoms with van der Waals surface area (Å²) in [6.45, 7) is 7.78. The molecule has 1 amide bonds. The van der Waals surface area contributed by atoms with E-state index in [-0.39, 0.29) is 34.5 Å². The molecule has 1 N–H and O–H groups in total. The smallest absolute Gasteiger partial charge is 0.332 e. The van der Waals surface area contributed by atoms with E-state index in [4.69, 9.17) is 0 Å². The third-order valence-electron chi connectivity index (χ3n) is 5.17. The van der Waals surface area contributed by atoms with Crippen LogP contribution >= 0.6 is 11.8 Å². The number of fused-ring (bicyclic) bond motifs is 1. The summed E-state index contributed by atoms with van der Waals surface area (Å²) in [7, 11) is 1.43. The van der Waals surface area contributed by atoms with Gasteiger partial charge in [-0.3, -0.25) is 18.7 Å². The molecule has 0 saturated heterocycles. The summed E-state index contributed by atoms with van der Waals surface area (Å²) in [6.07, 6.45) is 1.85. The number of carbonyl (C=O) groups excluding carboxylic acids is 1. The van der Waals surface area contributed by atoms with Crippen LogP contribution in [0.2, 0.25) is 0 Å². The zero-order chi connectivity index (χ0) is 22.2. The summed E-state index contributed by atoms with van der Waals surface area (Å²) in [5.74, 6) is 0.466. The van der Waals surface area contributed by atoms with E-state index >= 15 is 0 Å². The average molecular weight is 431 g/mol. The van der Waals surface area contributed by atoms with E-state index < -0.39 is 16.8 Å². The average Bonchev–Trinajstić information content (AvgIpc) is 3.53. The predicted octanol–water partition coefficient (Wildman–Crippen LogP) is 1.36. The first-order valence-electron chi connectivity index (χ1n) is 9.90. The van der Waals surface area contributed by atoms with Crippen LogP contribution in [0.1, 0.15) is 39.4 Å². The molecule has 1 aliphatic carbocycles. The normalized spacial score (nSPS) is 15.8. The Hall–Kier alpha value is -2.67. The number of rotatable bonds is 7. The first kappa shape index (κ1) is 22.0. The molecule has 0 aliphatic heterocycles. The van der Waals surface area contributed by atoms with Crippen molar-refractivity contribution in [2.45, 2.75) is 57.6 Å². The minimum Gasteiger partial charge on any atom is -0.337 e. The Morgan fingerprint density at radius 2 is 2.03 bits per heavy atom. The maximum absolute atomic E-state index is 12.8. The van der Waals surface area contributed by atoms with E-state index in [2.05, 4.69) is 21.4 Å². The van der Waals surface area contributed by atoms with Gasteiger partial charge in [-0.15, -0.1) is 0 Å². The summed E-state index contributed by atoms with van der Waals surface area (Å²) in [5, 5.41) is 12.8. The monoisotopic (exact) mass is 430 g/mol. The van der Waals surface area contributed by atoms with Crippen molar-refractivity contribution in [3.63, 3.8) is 0 Å². The minimum atomic E-state index is -0.880. The number of hydrogen-bond donors (Lipinski definition) is 1. The Balaban J connectivity index is 1.97. The second kappa shape index (κ2) is 8.22. The summed E-state index contributed by atoms with van der Waals surface area (Å²) < 4.78 is 2.54. The molecule has 1 fully saturated rings. The van der Waals surface area contributed by atoms with Gasteiger partial charge >= 0.3 is 5.69 Å². The van der Waals surface area contributed by atoms with Crippen LogP contribution in [-0.4, -0.2) is 36.3 Å². The maximum atomic E-state index is 12.8. The minimum absolute atomic E-state index is 0.00199. The molecule has 0 spiro atoms. The van der Waals surface area contributed by atoms with Crippen LogP contribution in [0, 0.1) is 30.1 Å². The lowest BCUT2D eigenvalue weighted by Crippen LogP contribution is -2.47. The Labute approximate surface area is 178 Å². The quantitative estimate of drug-likeness (QED) is 0.520. The molecule has 9 nitrogen and oxygen atoms in total. The first-order chi connectivity index (χ1) is 14.1. The molecule has 30 heavy (non-hydrogen) atoms. The van der Waals surface area contributed by atoms with Crippen molar-refractivity contribution in [1.82, 2.24) is 24.4 Å². The molecule has 2 aromatic rings. The fourth-order valence-electron chi connectivity index (χ4n) is 3.42. The fourth-order valence-corrected chi connectivity index (χ4v) is 4.28. The van der Waals surface area contributed by atoms with Gasteiger partial charge in [0, 0.05) is 13.6 Å². The summed E-state index contributed by atoms with van der Waals surface area (Å²) in [4.78, 5) is 46.7. The van der Waals surface area contributed by atoms with Gasteiger partial charge in [0.1, 0.15) is 21.8 Å².